The first-order valence-electron chi connectivity index (χ1n) is 9.72. The molecule has 1 aliphatic heterocycles. The molecule has 9 nitrogen and oxygen atoms in total. The van der Waals surface area contributed by atoms with Crippen LogP contribution in [0.15, 0.2) is 53.0 Å². The van der Waals surface area contributed by atoms with Gasteiger partial charge in [-0.05, 0) is 24.3 Å². The standard InChI is InChI=1S/C20H21F2N7O2/c21-19(22)14(11-23)10-18-26-27-20(30)29(18)17-3-1-2-15(25-17)13-4-5-16(24-12-13)28-6-8-31-9-7-28/h1-5,12H,6-11,23H2,(H,27,30). The van der Waals surface area contributed by atoms with E-state index in [2.05, 4.69) is 25.1 Å². The Morgan fingerprint density at radius 2 is 1.97 bits per heavy atom. The van der Waals surface area contributed by atoms with E-state index in [1.165, 1.54) is 0 Å². The van der Waals surface area contributed by atoms with Crippen molar-refractivity contribution in [3.05, 3.63) is 64.5 Å². The molecule has 0 bridgehead atoms. The Hall–Kier alpha value is -3.44. The summed E-state index contributed by atoms with van der Waals surface area (Å²) in [5, 5.41) is 6.15. The summed E-state index contributed by atoms with van der Waals surface area (Å²) >= 11 is 0. The number of morpholine rings is 1. The summed E-state index contributed by atoms with van der Waals surface area (Å²) in [7, 11) is 0. The molecule has 1 fully saturated rings. The monoisotopic (exact) mass is 429 g/mol. The molecule has 0 spiro atoms. The van der Waals surface area contributed by atoms with E-state index in [0.29, 0.717) is 18.9 Å². The van der Waals surface area contributed by atoms with Gasteiger partial charge in [0, 0.05) is 43.4 Å². The van der Waals surface area contributed by atoms with Gasteiger partial charge in [0.25, 0.3) is 6.08 Å². The van der Waals surface area contributed by atoms with E-state index < -0.39 is 11.8 Å². The van der Waals surface area contributed by atoms with Crippen molar-refractivity contribution in [1.29, 1.82) is 0 Å². The summed E-state index contributed by atoms with van der Waals surface area (Å²) in [6.45, 7) is 2.57. The van der Waals surface area contributed by atoms with Crippen molar-refractivity contribution in [2.45, 2.75) is 6.42 Å². The SMILES string of the molecule is NCC(Cc1n[nH]c(=O)n1-c1cccc(-c2ccc(N3CCOCC3)nc2)n1)=C(F)F. The molecule has 3 aromatic rings. The number of hydrogen-bond acceptors (Lipinski definition) is 7. The lowest BCUT2D eigenvalue weighted by Gasteiger charge is -2.27. The van der Waals surface area contributed by atoms with Crippen molar-refractivity contribution in [3.63, 3.8) is 0 Å². The van der Waals surface area contributed by atoms with Crippen LogP contribution in [0, 0.1) is 0 Å². The van der Waals surface area contributed by atoms with E-state index in [9.17, 15) is 13.6 Å². The second kappa shape index (κ2) is 9.14. The first kappa shape index (κ1) is 20.8. The summed E-state index contributed by atoms with van der Waals surface area (Å²) in [5.41, 5.74) is 5.87. The maximum Gasteiger partial charge on any atom is 0.349 e. The van der Waals surface area contributed by atoms with E-state index >= 15 is 0 Å². The summed E-state index contributed by atoms with van der Waals surface area (Å²) in [4.78, 5) is 23.5. The maximum absolute atomic E-state index is 13.0. The number of anilines is 1. The number of nitrogens with two attached hydrogens (primary N) is 1. The summed E-state index contributed by atoms with van der Waals surface area (Å²) in [5.74, 6) is 1.22. The lowest BCUT2D eigenvalue weighted by atomic mass is 10.2. The Labute approximate surface area is 176 Å². The molecule has 3 N–H and O–H groups in total. The Kier molecular flexibility index (Phi) is 6.14. The fourth-order valence-electron chi connectivity index (χ4n) is 3.32. The molecular formula is C20H21F2N7O2. The van der Waals surface area contributed by atoms with Crippen LogP contribution in [-0.2, 0) is 11.2 Å². The maximum atomic E-state index is 13.0. The second-order valence-corrected chi connectivity index (χ2v) is 6.91. The van der Waals surface area contributed by atoms with Gasteiger partial charge < -0.3 is 15.4 Å². The fraction of sp³-hybridized carbons (Fsp3) is 0.300. The molecule has 0 amide bonds. The highest BCUT2D eigenvalue weighted by Crippen LogP contribution is 2.21. The first-order valence-corrected chi connectivity index (χ1v) is 9.72. The van der Waals surface area contributed by atoms with Gasteiger partial charge in [0.2, 0.25) is 0 Å². The van der Waals surface area contributed by atoms with Crippen LogP contribution >= 0.6 is 0 Å². The number of aromatic amines is 1. The predicted molar refractivity (Wildman–Crippen MR) is 110 cm³/mol. The van der Waals surface area contributed by atoms with Gasteiger partial charge in [-0.2, -0.15) is 13.9 Å². The number of aromatic nitrogens is 5. The van der Waals surface area contributed by atoms with Gasteiger partial charge in [0.15, 0.2) is 0 Å². The molecule has 31 heavy (non-hydrogen) atoms. The highest BCUT2D eigenvalue weighted by atomic mass is 19.3. The number of rotatable bonds is 6. The Bertz CT molecular complexity index is 1130. The quantitative estimate of drug-likeness (QED) is 0.610. The lowest BCUT2D eigenvalue weighted by Crippen LogP contribution is -2.36. The third-order valence-corrected chi connectivity index (χ3v) is 4.97. The average molecular weight is 429 g/mol. The van der Waals surface area contributed by atoms with Crippen LogP contribution in [0.5, 0.6) is 0 Å². The largest absolute Gasteiger partial charge is 0.378 e. The molecule has 0 radical (unpaired) electrons. The summed E-state index contributed by atoms with van der Waals surface area (Å²) < 4.78 is 32.6. The van der Waals surface area contributed by atoms with Crippen LogP contribution in [0.4, 0.5) is 14.6 Å². The topological polar surface area (TPSA) is 115 Å². The molecule has 162 valence electrons. The zero-order valence-electron chi connectivity index (χ0n) is 16.6. The predicted octanol–water partition coefficient (Wildman–Crippen LogP) is 1.51. The summed E-state index contributed by atoms with van der Waals surface area (Å²) in [6, 6.07) is 8.93. The molecule has 11 heteroatoms. The molecular weight excluding hydrogens is 408 g/mol. The molecule has 0 saturated carbocycles. The number of nitrogens with one attached hydrogen (secondary N) is 1. The van der Waals surface area contributed by atoms with Gasteiger partial charge in [-0.25, -0.2) is 24.4 Å². The lowest BCUT2D eigenvalue weighted by molar-refractivity contribution is 0.122. The second-order valence-electron chi connectivity index (χ2n) is 6.91. The molecule has 0 aliphatic carbocycles. The number of pyridine rings is 2. The van der Waals surface area contributed by atoms with Gasteiger partial charge in [-0.1, -0.05) is 6.07 Å². The minimum atomic E-state index is -1.88. The van der Waals surface area contributed by atoms with Crippen molar-refractivity contribution in [2.24, 2.45) is 5.73 Å². The van der Waals surface area contributed by atoms with E-state index in [0.717, 1.165) is 29.0 Å². The van der Waals surface area contributed by atoms with Gasteiger partial charge in [-0.3, -0.25) is 0 Å². The molecule has 4 heterocycles. The van der Waals surface area contributed by atoms with Gasteiger partial charge in [0.1, 0.15) is 17.5 Å². The molecule has 1 aliphatic rings. The number of hydrogen-bond donors (Lipinski definition) is 2. The van der Waals surface area contributed by atoms with E-state index in [4.69, 9.17) is 10.5 Å². The number of H-pyrrole nitrogens is 1. The third-order valence-electron chi connectivity index (χ3n) is 4.97. The van der Waals surface area contributed by atoms with Gasteiger partial charge in [0.05, 0.1) is 18.9 Å². The van der Waals surface area contributed by atoms with Crippen molar-refractivity contribution >= 4 is 5.82 Å². The first-order chi connectivity index (χ1) is 15.1. The smallest absolute Gasteiger partial charge is 0.349 e. The molecule has 0 atom stereocenters. The number of halogens is 2. The van der Waals surface area contributed by atoms with Crippen molar-refractivity contribution in [1.82, 2.24) is 24.7 Å². The highest BCUT2D eigenvalue weighted by molar-refractivity contribution is 5.61. The van der Waals surface area contributed by atoms with Crippen LogP contribution in [0.3, 0.4) is 0 Å². The van der Waals surface area contributed by atoms with Crippen LogP contribution in [0.25, 0.3) is 17.1 Å². The van der Waals surface area contributed by atoms with Crippen LogP contribution in [0.1, 0.15) is 5.82 Å². The van der Waals surface area contributed by atoms with Crippen molar-refractivity contribution in [2.75, 3.05) is 37.7 Å². The molecule has 4 rings (SSSR count). The molecule has 0 unspecified atom stereocenters. The van der Waals surface area contributed by atoms with Gasteiger partial charge in [-0.15, -0.1) is 0 Å². The number of nitrogens with zero attached hydrogens (tertiary/aromatic N) is 5. The number of ether oxygens (including phenoxy) is 1. The molecule has 0 aromatic carbocycles. The molecule has 1 saturated heterocycles. The summed E-state index contributed by atoms with van der Waals surface area (Å²) in [6.07, 6.45) is -0.430. The van der Waals surface area contributed by atoms with Gasteiger partial charge >= 0.3 is 5.69 Å². The van der Waals surface area contributed by atoms with Crippen LogP contribution in [-0.4, -0.2) is 57.6 Å². The highest BCUT2D eigenvalue weighted by Gasteiger charge is 2.17. The van der Waals surface area contributed by atoms with E-state index in [1.54, 1.807) is 24.4 Å². The average Bonchev–Trinajstić information content (AvgIpc) is 3.18. The Morgan fingerprint density at radius 1 is 1.16 bits per heavy atom. The Balaban J connectivity index is 1.63. The van der Waals surface area contributed by atoms with E-state index in [-0.39, 0.29) is 30.2 Å². The Morgan fingerprint density at radius 3 is 2.65 bits per heavy atom. The minimum absolute atomic E-state index is 0.101. The molecule has 3 aromatic heterocycles. The van der Waals surface area contributed by atoms with Crippen molar-refractivity contribution in [3.8, 4) is 17.1 Å². The minimum Gasteiger partial charge on any atom is -0.378 e. The van der Waals surface area contributed by atoms with E-state index in [1.807, 2.05) is 12.1 Å². The zero-order valence-corrected chi connectivity index (χ0v) is 16.6. The third kappa shape index (κ3) is 4.52. The normalized spacial score (nSPS) is 14.0. The van der Waals surface area contributed by atoms with Crippen molar-refractivity contribution < 1.29 is 13.5 Å². The fourth-order valence-corrected chi connectivity index (χ4v) is 3.32. The zero-order chi connectivity index (χ0) is 21.8. The van der Waals surface area contributed by atoms with Crippen LogP contribution < -0.4 is 16.3 Å². The van der Waals surface area contributed by atoms with Crippen LogP contribution in [0.2, 0.25) is 0 Å².